The van der Waals surface area contributed by atoms with Crippen molar-refractivity contribution in [3.05, 3.63) is 11.1 Å². The molecule has 2 rings (SSSR count). The molecular weight excluding hydrogens is 170 g/mol. The van der Waals surface area contributed by atoms with Crippen LogP contribution in [0.25, 0.3) is 0 Å². The average Bonchev–Trinajstić information content (AvgIpc) is 2.59. The molecule has 2 unspecified atom stereocenters. The standard InChI is InChI=1S/C8H13N3S/c1-11(2)8-10-4-7(12-8)5-3-6(5)9/h4-6H,3,9H2,1-2H3. The molecule has 0 aliphatic heterocycles. The van der Waals surface area contributed by atoms with Gasteiger partial charge in [-0.25, -0.2) is 4.98 Å². The highest BCUT2D eigenvalue weighted by atomic mass is 32.1. The van der Waals surface area contributed by atoms with E-state index < -0.39 is 0 Å². The van der Waals surface area contributed by atoms with Crippen LogP contribution in [0.2, 0.25) is 0 Å². The molecule has 12 heavy (non-hydrogen) atoms. The summed E-state index contributed by atoms with van der Waals surface area (Å²) in [6, 6.07) is 0.389. The van der Waals surface area contributed by atoms with E-state index in [1.165, 1.54) is 4.88 Å². The van der Waals surface area contributed by atoms with Gasteiger partial charge in [0, 0.05) is 37.1 Å². The fourth-order valence-electron chi connectivity index (χ4n) is 1.20. The molecule has 0 saturated heterocycles. The molecule has 0 bridgehead atoms. The van der Waals surface area contributed by atoms with Crippen molar-refractivity contribution in [2.45, 2.75) is 18.4 Å². The SMILES string of the molecule is CN(C)c1ncc(C2CC2N)s1. The Morgan fingerprint density at radius 3 is 2.75 bits per heavy atom. The van der Waals surface area contributed by atoms with Crippen LogP contribution in [0.1, 0.15) is 17.2 Å². The first kappa shape index (κ1) is 8.01. The molecule has 2 atom stereocenters. The highest BCUT2D eigenvalue weighted by Crippen LogP contribution is 2.42. The minimum atomic E-state index is 0.389. The summed E-state index contributed by atoms with van der Waals surface area (Å²) in [7, 11) is 4.02. The highest BCUT2D eigenvalue weighted by Gasteiger charge is 2.36. The third-order valence-electron chi connectivity index (χ3n) is 2.10. The summed E-state index contributed by atoms with van der Waals surface area (Å²) in [5.41, 5.74) is 5.75. The Morgan fingerprint density at radius 2 is 2.33 bits per heavy atom. The lowest BCUT2D eigenvalue weighted by Gasteiger charge is -2.04. The summed E-state index contributed by atoms with van der Waals surface area (Å²) >= 11 is 1.75. The predicted octanol–water partition coefficient (Wildman–Crippen LogP) is 1.02. The van der Waals surface area contributed by atoms with Gasteiger partial charge in [0.15, 0.2) is 5.13 Å². The number of rotatable bonds is 2. The van der Waals surface area contributed by atoms with Crippen LogP contribution in [0.3, 0.4) is 0 Å². The quantitative estimate of drug-likeness (QED) is 0.744. The van der Waals surface area contributed by atoms with Gasteiger partial charge in [-0.05, 0) is 6.42 Å². The van der Waals surface area contributed by atoms with Gasteiger partial charge < -0.3 is 10.6 Å². The molecule has 1 saturated carbocycles. The molecular formula is C8H13N3S. The van der Waals surface area contributed by atoms with Crippen LogP contribution in [0.4, 0.5) is 5.13 Å². The molecule has 1 heterocycles. The molecule has 1 aromatic heterocycles. The minimum absolute atomic E-state index is 0.389. The van der Waals surface area contributed by atoms with E-state index in [1.807, 2.05) is 25.2 Å². The molecule has 66 valence electrons. The smallest absolute Gasteiger partial charge is 0.184 e. The average molecular weight is 183 g/mol. The molecule has 0 radical (unpaired) electrons. The van der Waals surface area contributed by atoms with Crippen molar-refractivity contribution in [1.82, 2.24) is 4.98 Å². The lowest BCUT2D eigenvalue weighted by atomic mass is 10.4. The van der Waals surface area contributed by atoms with E-state index in [2.05, 4.69) is 4.98 Å². The number of anilines is 1. The largest absolute Gasteiger partial charge is 0.354 e. The summed E-state index contributed by atoms with van der Waals surface area (Å²) in [5, 5.41) is 1.07. The van der Waals surface area contributed by atoms with Crippen molar-refractivity contribution < 1.29 is 0 Å². The van der Waals surface area contributed by atoms with Crippen molar-refractivity contribution in [2.75, 3.05) is 19.0 Å². The molecule has 1 aliphatic rings. The van der Waals surface area contributed by atoms with Gasteiger partial charge >= 0.3 is 0 Å². The summed E-state index contributed by atoms with van der Waals surface area (Å²) in [6.07, 6.45) is 3.09. The van der Waals surface area contributed by atoms with Gasteiger partial charge in [-0.1, -0.05) is 0 Å². The van der Waals surface area contributed by atoms with E-state index in [1.54, 1.807) is 11.3 Å². The van der Waals surface area contributed by atoms with Crippen LogP contribution in [0.15, 0.2) is 6.20 Å². The van der Waals surface area contributed by atoms with Crippen LogP contribution in [0.5, 0.6) is 0 Å². The number of nitrogens with zero attached hydrogens (tertiary/aromatic N) is 2. The van der Waals surface area contributed by atoms with Gasteiger partial charge in [-0.15, -0.1) is 11.3 Å². The van der Waals surface area contributed by atoms with Gasteiger partial charge in [0.2, 0.25) is 0 Å². The zero-order valence-corrected chi connectivity index (χ0v) is 8.14. The van der Waals surface area contributed by atoms with Crippen LogP contribution >= 0.6 is 11.3 Å². The second kappa shape index (κ2) is 2.71. The van der Waals surface area contributed by atoms with E-state index in [0.29, 0.717) is 12.0 Å². The fourth-order valence-corrected chi connectivity index (χ4v) is 2.22. The number of aromatic nitrogens is 1. The van der Waals surface area contributed by atoms with Crippen LogP contribution in [-0.4, -0.2) is 25.1 Å². The molecule has 2 N–H and O–H groups in total. The Kier molecular flexibility index (Phi) is 1.81. The maximum Gasteiger partial charge on any atom is 0.184 e. The van der Waals surface area contributed by atoms with Crippen molar-refractivity contribution in [1.29, 1.82) is 0 Å². The first-order valence-electron chi connectivity index (χ1n) is 4.07. The van der Waals surface area contributed by atoms with Crippen molar-refractivity contribution in [3.8, 4) is 0 Å². The first-order chi connectivity index (χ1) is 5.68. The molecule has 0 spiro atoms. The van der Waals surface area contributed by atoms with E-state index in [4.69, 9.17) is 5.73 Å². The zero-order chi connectivity index (χ0) is 8.72. The maximum atomic E-state index is 5.75. The summed E-state index contributed by atoms with van der Waals surface area (Å²) in [5.74, 6) is 0.594. The zero-order valence-electron chi connectivity index (χ0n) is 7.32. The van der Waals surface area contributed by atoms with Gasteiger partial charge in [0.1, 0.15) is 0 Å². The van der Waals surface area contributed by atoms with Gasteiger partial charge in [-0.2, -0.15) is 0 Å². The van der Waals surface area contributed by atoms with Crippen molar-refractivity contribution >= 4 is 16.5 Å². The predicted molar refractivity (Wildman–Crippen MR) is 51.8 cm³/mol. The van der Waals surface area contributed by atoms with Crippen LogP contribution in [-0.2, 0) is 0 Å². The number of hydrogen-bond donors (Lipinski definition) is 1. The Bertz CT molecular complexity index is 282. The summed E-state index contributed by atoms with van der Waals surface area (Å²) in [6.45, 7) is 0. The van der Waals surface area contributed by atoms with Crippen LogP contribution < -0.4 is 10.6 Å². The summed E-state index contributed by atoms with van der Waals surface area (Å²) < 4.78 is 0. The van der Waals surface area contributed by atoms with Crippen molar-refractivity contribution in [3.63, 3.8) is 0 Å². The third kappa shape index (κ3) is 1.32. The van der Waals surface area contributed by atoms with E-state index in [0.717, 1.165) is 11.6 Å². The molecule has 0 amide bonds. The second-order valence-corrected chi connectivity index (χ2v) is 4.49. The number of nitrogens with two attached hydrogens (primary N) is 1. The maximum absolute atomic E-state index is 5.75. The van der Waals surface area contributed by atoms with Gasteiger partial charge in [0.05, 0.1) is 0 Å². The fraction of sp³-hybridized carbons (Fsp3) is 0.625. The summed E-state index contributed by atoms with van der Waals surface area (Å²) in [4.78, 5) is 7.67. The molecule has 1 fully saturated rings. The normalized spacial score (nSPS) is 27.2. The molecule has 4 heteroatoms. The lowest BCUT2D eigenvalue weighted by Crippen LogP contribution is -2.07. The van der Waals surface area contributed by atoms with Crippen LogP contribution in [0, 0.1) is 0 Å². The molecule has 1 aliphatic carbocycles. The number of hydrogen-bond acceptors (Lipinski definition) is 4. The van der Waals surface area contributed by atoms with E-state index in [-0.39, 0.29) is 0 Å². The first-order valence-corrected chi connectivity index (χ1v) is 4.89. The van der Waals surface area contributed by atoms with Gasteiger partial charge in [0.25, 0.3) is 0 Å². The second-order valence-electron chi connectivity index (χ2n) is 3.45. The Balaban J connectivity index is 2.14. The Labute approximate surface area is 76.2 Å². The Hall–Kier alpha value is -0.610. The van der Waals surface area contributed by atoms with Gasteiger partial charge in [-0.3, -0.25) is 0 Å². The lowest BCUT2D eigenvalue weighted by molar-refractivity contribution is 1.00. The number of thiazole rings is 1. The molecule has 0 aromatic carbocycles. The monoisotopic (exact) mass is 183 g/mol. The van der Waals surface area contributed by atoms with E-state index in [9.17, 15) is 0 Å². The highest BCUT2D eigenvalue weighted by molar-refractivity contribution is 7.15. The van der Waals surface area contributed by atoms with E-state index >= 15 is 0 Å². The molecule has 3 nitrogen and oxygen atoms in total. The Morgan fingerprint density at radius 1 is 1.67 bits per heavy atom. The van der Waals surface area contributed by atoms with Crippen molar-refractivity contribution in [2.24, 2.45) is 5.73 Å². The topological polar surface area (TPSA) is 42.2 Å². The molecule has 1 aromatic rings. The minimum Gasteiger partial charge on any atom is -0.354 e. The third-order valence-corrected chi connectivity index (χ3v) is 3.40.